The van der Waals surface area contributed by atoms with E-state index >= 15 is 0 Å². The topological polar surface area (TPSA) is 26.8 Å². The molecule has 0 radical (unpaired) electrons. The van der Waals surface area contributed by atoms with Crippen molar-refractivity contribution in [2.75, 3.05) is 31.1 Å². The summed E-state index contributed by atoms with van der Waals surface area (Å²) in [6.07, 6.45) is 6.20. The van der Waals surface area contributed by atoms with E-state index < -0.39 is 0 Å². The van der Waals surface area contributed by atoms with Gasteiger partial charge in [-0.05, 0) is 63.0 Å². The van der Waals surface area contributed by atoms with Crippen LogP contribution in [0.4, 0.5) is 16.2 Å². The van der Waals surface area contributed by atoms with E-state index in [0.717, 1.165) is 37.3 Å². The third kappa shape index (κ3) is 4.16. The van der Waals surface area contributed by atoms with Crippen LogP contribution in [0.2, 0.25) is 0 Å². The first kappa shape index (κ1) is 18.1. The average molecular weight is 364 g/mol. The maximum Gasteiger partial charge on any atom is 0.329 e. The van der Waals surface area contributed by atoms with Gasteiger partial charge >= 0.3 is 6.03 Å². The second-order valence-electron chi connectivity index (χ2n) is 7.60. The third-order valence-corrected chi connectivity index (χ3v) is 5.86. The van der Waals surface area contributed by atoms with Crippen molar-refractivity contribution in [3.05, 3.63) is 60.7 Å². The minimum atomic E-state index is 0.0875. The van der Waals surface area contributed by atoms with Crippen LogP contribution in [-0.2, 0) is 0 Å². The van der Waals surface area contributed by atoms with Gasteiger partial charge in [0, 0.05) is 19.1 Å². The Labute approximate surface area is 162 Å². The predicted octanol–water partition coefficient (Wildman–Crippen LogP) is 4.90. The van der Waals surface area contributed by atoms with Crippen LogP contribution < -0.4 is 4.90 Å². The van der Waals surface area contributed by atoms with Crippen LogP contribution in [0.25, 0.3) is 0 Å². The second-order valence-corrected chi connectivity index (χ2v) is 7.60. The Morgan fingerprint density at radius 1 is 0.741 bits per heavy atom. The highest BCUT2D eigenvalue weighted by molar-refractivity contribution is 5.99. The normalized spacial score (nSPS) is 19.0. The molecule has 0 aliphatic carbocycles. The van der Waals surface area contributed by atoms with Gasteiger partial charge in [-0.3, -0.25) is 4.90 Å². The lowest BCUT2D eigenvalue weighted by molar-refractivity contribution is 0.103. The Bertz CT molecular complexity index is 680. The predicted molar refractivity (Wildman–Crippen MR) is 110 cm³/mol. The van der Waals surface area contributed by atoms with Crippen molar-refractivity contribution in [1.82, 2.24) is 9.80 Å². The first-order valence-corrected chi connectivity index (χ1v) is 10.3. The van der Waals surface area contributed by atoms with Gasteiger partial charge in [0.15, 0.2) is 0 Å². The number of benzene rings is 2. The first-order valence-electron chi connectivity index (χ1n) is 10.3. The number of carbonyl (C=O) groups is 1. The summed E-state index contributed by atoms with van der Waals surface area (Å²) in [5, 5.41) is 0. The molecule has 0 spiro atoms. The van der Waals surface area contributed by atoms with Gasteiger partial charge in [-0.15, -0.1) is 0 Å². The zero-order chi connectivity index (χ0) is 18.5. The van der Waals surface area contributed by atoms with Gasteiger partial charge in [-0.2, -0.15) is 0 Å². The van der Waals surface area contributed by atoms with E-state index in [0.29, 0.717) is 6.04 Å². The van der Waals surface area contributed by atoms with Gasteiger partial charge in [0.25, 0.3) is 0 Å². The molecular weight excluding hydrogens is 334 g/mol. The molecule has 0 aromatic heterocycles. The molecule has 2 amide bonds. The highest BCUT2D eigenvalue weighted by Gasteiger charge is 2.30. The van der Waals surface area contributed by atoms with E-state index in [1.165, 1.54) is 32.4 Å². The van der Waals surface area contributed by atoms with Gasteiger partial charge in [-0.25, -0.2) is 4.79 Å². The number of likely N-dealkylation sites (tertiary alicyclic amines) is 2. The SMILES string of the molecule is O=C(N1CCC(N2CCCCC2)CC1)N(c1ccccc1)c1ccccc1. The number of amides is 2. The highest BCUT2D eigenvalue weighted by Crippen LogP contribution is 2.28. The number of urea groups is 1. The fourth-order valence-corrected chi connectivity index (χ4v) is 4.37. The average Bonchev–Trinajstić information content (AvgIpc) is 2.76. The lowest BCUT2D eigenvalue weighted by atomic mass is 10.00. The maximum absolute atomic E-state index is 13.4. The fourth-order valence-electron chi connectivity index (χ4n) is 4.37. The Balaban J connectivity index is 1.48. The van der Waals surface area contributed by atoms with E-state index in [1.807, 2.05) is 70.5 Å². The van der Waals surface area contributed by atoms with E-state index in [-0.39, 0.29) is 6.03 Å². The van der Waals surface area contributed by atoms with Crippen LogP contribution in [0.1, 0.15) is 32.1 Å². The van der Waals surface area contributed by atoms with Crippen LogP contribution in [0.5, 0.6) is 0 Å². The molecule has 4 rings (SSSR count). The summed E-state index contributed by atoms with van der Waals surface area (Å²) in [6, 6.07) is 20.7. The van der Waals surface area contributed by atoms with Crippen LogP contribution in [0.15, 0.2) is 60.7 Å². The van der Waals surface area contributed by atoms with Gasteiger partial charge in [0.2, 0.25) is 0 Å². The largest absolute Gasteiger partial charge is 0.329 e. The van der Waals surface area contributed by atoms with Crippen molar-refractivity contribution < 1.29 is 4.79 Å². The molecule has 4 nitrogen and oxygen atoms in total. The van der Waals surface area contributed by atoms with Crippen molar-refractivity contribution in [2.45, 2.75) is 38.1 Å². The summed E-state index contributed by atoms with van der Waals surface area (Å²) in [4.78, 5) is 19.9. The number of hydrogen-bond donors (Lipinski definition) is 0. The molecule has 2 aliphatic heterocycles. The molecule has 0 bridgehead atoms. The molecule has 0 atom stereocenters. The number of para-hydroxylation sites is 2. The molecule has 142 valence electrons. The van der Waals surface area contributed by atoms with E-state index in [2.05, 4.69) is 4.90 Å². The summed E-state index contributed by atoms with van der Waals surface area (Å²) in [5.74, 6) is 0. The van der Waals surface area contributed by atoms with Crippen molar-refractivity contribution in [2.24, 2.45) is 0 Å². The number of rotatable bonds is 3. The van der Waals surface area contributed by atoms with Gasteiger partial charge < -0.3 is 9.80 Å². The van der Waals surface area contributed by atoms with Crippen LogP contribution in [-0.4, -0.2) is 48.1 Å². The zero-order valence-electron chi connectivity index (χ0n) is 16.0. The fraction of sp³-hybridized carbons (Fsp3) is 0.435. The van der Waals surface area contributed by atoms with Crippen molar-refractivity contribution in [3.8, 4) is 0 Å². The second kappa shape index (κ2) is 8.57. The van der Waals surface area contributed by atoms with Gasteiger partial charge in [0.1, 0.15) is 0 Å². The van der Waals surface area contributed by atoms with E-state index in [4.69, 9.17) is 0 Å². The van der Waals surface area contributed by atoms with E-state index in [9.17, 15) is 4.79 Å². The number of carbonyl (C=O) groups excluding carboxylic acids is 1. The highest BCUT2D eigenvalue weighted by atomic mass is 16.2. The molecule has 0 saturated carbocycles. The molecule has 2 fully saturated rings. The summed E-state index contributed by atoms with van der Waals surface area (Å²) in [7, 11) is 0. The molecule has 0 unspecified atom stereocenters. The quantitative estimate of drug-likeness (QED) is 0.776. The van der Waals surface area contributed by atoms with Crippen LogP contribution in [0.3, 0.4) is 0 Å². The van der Waals surface area contributed by atoms with Crippen molar-refractivity contribution in [1.29, 1.82) is 0 Å². The monoisotopic (exact) mass is 363 g/mol. The Morgan fingerprint density at radius 3 is 1.78 bits per heavy atom. The van der Waals surface area contributed by atoms with Crippen molar-refractivity contribution >= 4 is 17.4 Å². The lowest BCUT2D eigenvalue weighted by Crippen LogP contribution is -2.50. The molecule has 0 N–H and O–H groups in total. The minimum Gasteiger partial charge on any atom is -0.324 e. The Morgan fingerprint density at radius 2 is 1.26 bits per heavy atom. The van der Waals surface area contributed by atoms with E-state index in [1.54, 1.807) is 0 Å². The molecule has 2 aromatic carbocycles. The molecule has 2 saturated heterocycles. The third-order valence-electron chi connectivity index (χ3n) is 5.86. The number of piperidine rings is 2. The van der Waals surface area contributed by atoms with Crippen molar-refractivity contribution in [3.63, 3.8) is 0 Å². The smallest absolute Gasteiger partial charge is 0.324 e. The zero-order valence-corrected chi connectivity index (χ0v) is 16.0. The molecule has 27 heavy (non-hydrogen) atoms. The summed E-state index contributed by atoms with van der Waals surface area (Å²) in [6.45, 7) is 4.16. The summed E-state index contributed by atoms with van der Waals surface area (Å²) >= 11 is 0. The number of anilines is 2. The minimum absolute atomic E-state index is 0.0875. The number of nitrogens with zero attached hydrogens (tertiary/aromatic N) is 3. The Kier molecular flexibility index (Phi) is 5.73. The molecule has 2 heterocycles. The first-order chi connectivity index (χ1) is 13.3. The van der Waals surface area contributed by atoms with Gasteiger partial charge in [-0.1, -0.05) is 42.8 Å². The standard InChI is InChI=1S/C23H29N3O/c27-23(25-18-14-20(15-19-25)24-16-8-3-9-17-24)26(21-10-4-1-5-11-21)22-12-6-2-7-13-22/h1-2,4-7,10-13,20H,3,8-9,14-19H2. The Hall–Kier alpha value is -2.33. The lowest BCUT2D eigenvalue weighted by Gasteiger charge is -2.41. The molecular formula is C23H29N3O. The van der Waals surface area contributed by atoms with Crippen LogP contribution >= 0.6 is 0 Å². The molecule has 2 aliphatic rings. The van der Waals surface area contributed by atoms with Crippen LogP contribution in [0, 0.1) is 0 Å². The summed E-state index contributed by atoms with van der Waals surface area (Å²) < 4.78 is 0. The molecule has 2 aromatic rings. The molecule has 4 heteroatoms. The summed E-state index contributed by atoms with van der Waals surface area (Å²) in [5.41, 5.74) is 1.85. The number of hydrogen-bond acceptors (Lipinski definition) is 2. The maximum atomic E-state index is 13.4. The van der Waals surface area contributed by atoms with Gasteiger partial charge in [0.05, 0.1) is 11.4 Å².